The summed E-state index contributed by atoms with van der Waals surface area (Å²) in [4.78, 5) is -1.85. The maximum Gasteiger partial charge on any atom is 0.311 e. The Balaban J connectivity index is 1.26. The van der Waals surface area contributed by atoms with Gasteiger partial charge in [-0.3, -0.25) is 0 Å². The molecular weight excluding hydrogens is 696 g/mol. The van der Waals surface area contributed by atoms with E-state index in [0.29, 0.717) is 22.3 Å². The van der Waals surface area contributed by atoms with E-state index in [-0.39, 0.29) is 10.8 Å². The quantitative estimate of drug-likeness (QED) is 0.130. The summed E-state index contributed by atoms with van der Waals surface area (Å²) in [6.45, 7) is 0. The minimum atomic E-state index is -10.1. The molecule has 0 bridgehead atoms. The Hall–Kier alpha value is -6.18. The molecule has 0 saturated heterocycles. The monoisotopic (exact) mass is 722 g/mol. The predicted octanol–water partition coefficient (Wildman–Crippen LogP) is 15.9. The first-order valence-corrected chi connectivity index (χ1v) is 19.0. The molecule has 0 aliphatic carbocycles. The van der Waals surface area contributed by atoms with Crippen molar-refractivity contribution in [2.24, 2.45) is 0 Å². The molecule has 1 heterocycles. The van der Waals surface area contributed by atoms with Crippen LogP contribution in [0.15, 0.2) is 173 Å². The van der Waals surface area contributed by atoms with E-state index in [4.69, 9.17) is 4.42 Å². The Morgan fingerprint density at radius 1 is 0.340 bits per heavy atom. The van der Waals surface area contributed by atoms with Gasteiger partial charge in [0.15, 0.2) is 0 Å². The fraction of sp³-hybridized carbons (Fsp3) is 0. The van der Waals surface area contributed by atoms with Crippen LogP contribution >= 0.6 is 10.2 Å². The summed E-state index contributed by atoms with van der Waals surface area (Å²) in [5, 5.41) is 5.25. The summed E-state index contributed by atoms with van der Waals surface area (Å²) in [6.07, 6.45) is 0. The molecule has 0 spiro atoms. The van der Waals surface area contributed by atoms with E-state index in [1.54, 1.807) is 18.2 Å². The molecule has 0 saturated carbocycles. The number of hydrogen-bond acceptors (Lipinski definition) is 1. The fourth-order valence-corrected chi connectivity index (χ4v) is 9.53. The third-order valence-electron chi connectivity index (χ3n) is 10.3. The average molecular weight is 723 g/mol. The number of benzene rings is 9. The first-order chi connectivity index (χ1) is 25.5. The molecule has 0 fully saturated rings. The highest BCUT2D eigenvalue weighted by Gasteiger charge is 2.67. The minimum Gasteiger partial charge on any atom is -0.456 e. The molecule has 53 heavy (non-hydrogen) atoms. The zero-order chi connectivity index (χ0) is 36.2. The maximum absolute atomic E-state index is 14.7. The zero-order valence-corrected chi connectivity index (χ0v) is 28.6. The largest absolute Gasteiger partial charge is 0.456 e. The van der Waals surface area contributed by atoms with Gasteiger partial charge in [-0.15, -0.1) is 0 Å². The summed E-state index contributed by atoms with van der Waals surface area (Å²) in [6, 6.07) is 49.8. The lowest BCUT2D eigenvalue weighted by molar-refractivity contribution is 0.367. The summed E-state index contributed by atoms with van der Waals surface area (Å²) in [5.41, 5.74) is 6.50. The molecule has 0 atom stereocenters. The van der Waals surface area contributed by atoms with Crippen molar-refractivity contribution in [1.29, 1.82) is 0 Å². The van der Waals surface area contributed by atoms with E-state index in [2.05, 4.69) is 54.6 Å². The topological polar surface area (TPSA) is 13.1 Å². The van der Waals surface area contributed by atoms with Crippen LogP contribution in [0.2, 0.25) is 0 Å². The Bertz CT molecular complexity index is 3040. The molecule has 0 amide bonds. The van der Waals surface area contributed by atoms with Gasteiger partial charge in [0.25, 0.3) is 0 Å². The molecule has 0 radical (unpaired) electrons. The number of furan rings is 1. The molecule has 10 rings (SSSR count). The van der Waals surface area contributed by atoms with Crippen LogP contribution in [0, 0.1) is 0 Å². The summed E-state index contributed by atoms with van der Waals surface area (Å²) in [7, 11) is -10.1. The third kappa shape index (κ3) is 4.84. The number of rotatable bonds is 4. The van der Waals surface area contributed by atoms with Gasteiger partial charge in [-0.1, -0.05) is 165 Å². The van der Waals surface area contributed by atoms with Crippen LogP contribution in [-0.4, -0.2) is 0 Å². The van der Waals surface area contributed by atoms with E-state index in [9.17, 15) is 19.4 Å². The van der Waals surface area contributed by atoms with Crippen molar-refractivity contribution in [1.82, 2.24) is 0 Å². The van der Waals surface area contributed by atoms with Crippen molar-refractivity contribution in [2.75, 3.05) is 0 Å². The van der Waals surface area contributed by atoms with Gasteiger partial charge in [-0.25, -0.2) is 0 Å². The maximum atomic E-state index is 14.7. The molecule has 0 aliphatic rings. The second-order valence-corrected chi connectivity index (χ2v) is 15.8. The highest BCUT2D eigenvalue weighted by atomic mass is 32.5. The van der Waals surface area contributed by atoms with E-state index < -0.39 is 25.9 Å². The fourth-order valence-electron chi connectivity index (χ4n) is 8.34. The van der Waals surface area contributed by atoms with E-state index in [1.165, 1.54) is 24.3 Å². The molecule has 1 nitrogen and oxygen atoms in total. The van der Waals surface area contributed by atoms with Gasteiger partial charge >= 0.3 is 10.2 Å². The predicted molar refractivity (Wildman–Crippen MR) is 211 cm³/mol. The molecular formula is C46H27F5OS. The van der Waals surface area contributed by atoms with Crippen LogP contribution in [0.4, 0.5) is 19.4 Å². The van der Waals surface area contributed by atoms with Crippen molar-refractivity contribution in [3.8, 4) is 33.4 Å². The summed E-state index contributed by atoms with van der Waals surface area (Å²) < 4.78 is 80.2. The first-order valence-electron chi connectivity index (χ1n) is 17.1. The number of hydrogen-bond donors (Lipinski definition) is 0. The van der Waals surface area contributed by atoms with E-state index in [0.717, 1.165) is 66.7 Å². The van der Waals surface area contributed by atoms with Crippen LogP contribution in [0.25, 0.3) is 98.4 Å². The molecule has 0 aliphatic heterocycles. The molecule has 0 N–H and O–H groups in total. The van der Waals surface area contributed by atoms with Crippen molar-refractivity contribution >= 4 is 75.3 Å². The Labute approximate surface area is 300 Å². The SMILES string of the molecule is FS(F)(F)(F)(F)c1c2ccccc2c(-c2ccc3c(c2)oc2cccc(-c4c5ccccc5c(-c5ccccc5)c5ccccc45)c23)c2ccccc12. The lowest BCUT2D eigenvalue weighted by Crippen LogP contribution is -2.08. The van der Waals surface area contributed by atoms with Crippen molar-refractivity contribution in [3.05, 3.63) is 164 Å². The van der Waals surface area contributed by atoms with Gasteiger partial charge in [0.2, 0.25) is 0 Å². The Kier molecular flexibility index (Phi) is 6.22. The zero-order valence-electron chi connectivity index (χ0n) is 27.8. The van der Waals surface area contributed by atoms with Crippen molar-refractivity contribution in [3.63, 3.8) is 0 Å². The summed E-state index contributed by atoms with van der Waals surface area (Å²) >= 11 is 0. The van der Waals surface area contributed by atoms with Crippen LogP contribution in [-0.2, 0) is 0 Å². The molecule has 1 aromatic heterocycles. The lowest BCUT2D eigenvalue weighted by Gasteiger charge is -2.42. The van der Waals surface area contributed by atoms with Gasteiger partial charge in [-0.05, 0) is 83.9 Å². The molecule has 9 aromatic carbocycles. The second-order valence-electron chi connectivity index (χ2n) is 13.5. The Morgan fingerprint density at radius 3 is 1.32 bits per heavy atom. The molecule has 10 aromatic rings. The highest BCUT2D eigenvalue weighted by Crippen LogP contribution is 3.03. The number of halogens is 5. The van der Waals surface area contributed by atoms with Crippen molar-refractivity contribution < 1.29 is 23.8 Å². The van der Waals surface area contributed by atoms with Gasteiger partial charge < -0.3 is 4.42 Å². The van der Waals surface area contributed by atoms with Crippen LogP contribution in [0.3, 0.4) is 0 Å². The second kappa shape index (κ2) is 10.5. The van der Waals surface area contributed by atoms with Crippen LogP contribution in [0.1, 0.15) is 0 Å². The smallest absolute Gasteiger partial charge is 0.311 e. The van der Waals surface area contributed by atoms with Crippen molar-refractivity contribution in [2.45, 2.75) is 4.90 Å². The normalized spacial score (nSPS) is 13.7. The standard InChI is InChI=1S/C46H27F5OS/c47-53(48,49,50,51)46-36-21-10-8-19-34(36)43(35-20-9-11-22-37(35)46)29-25-26-38-41(27-29)52-40-24-12-23-39(45(38)40)44-32-17-6-4-15-30(32)42(28-13-2-1-3-14-28)31-16-5-7-18-33(31)44/h1-27H. The van der Waals surface area contributed by atoms with Gasteiger partial charge in [0, 0.05) is 21.5 Å². The van der Waals surface area contributed by atoms with Crippen LogP contribution < -0.4 is 0 Å². The van der Waals surface area contributed by atoms with Crippen LogP contribution in [0.5, 0.6) is 0 Å². The third-order valence-corrected chi connectivity index (χ3v) is 11.5. The number of fused-ring (bicyclic) bond motifs is 7. The highest BCUT2D eigenvalue weighted by molar-refractivity contribution is 8.46. The minimum absolute atomic E-state index is 0.0852. The molecule has 258 valence electrons. The molecule has 7 heteroatoms. The summed E-state index contributed by atoms with van der Waals surface area (Å²) in [5.74, 6) is 0. The average Bonchev–Trinajstić information content (AvgIpc) is 3.53. The van der Waals surface area contributed by atoms with E-state index in [1.807, 2.05) is 54.6 Å². The van der Waals surface area contributed by atoms with Gasteiger partial charge in [0.1, 0.15) is 16.1 Å². The van der Waals surface area contributed by atoms with E-state index >= 15 is 0 Å². The van der Waals surface area contributed by atoms with Gasteiger partial charge in [0.05, 0.1) is 0 Å². The first kappa shape index (κ1) is 31.5. The molecule has 0 unspecified atom stereocenters. The lowest BCUT2D eigenvalue weighted by atomic mass is 9.85. The Morgan fingerprint density at radius 2 is 0.792 bits per heavy atom. The van der Waals surface area contributed by atoms with Gasteiger partial charge in [-0.2, -0.15) is 0 Å².